The standard InChI is InChI=1S/C41H60Cl2N4O4/c1-3-5-7-9-11-13-25-47(26-14-12-10-8-6-4-2)41(48)51-33-50-39-23-21-34-20-22-35(32-37(34)44-39)49-31-16-15-24-45-27-29-46(30-28-45)38-19-17-18-36(42)40(38)43/h17-23,32H,3-16,24-31,33H2,1-2H3. The summed E-state index contributed by atoms with van der Waals surface area (Å²) in [5, 5.41) is 2.23. The second-order valence-corrected chi connectivity index (χ2v) is 14.4. The molecule has 3 aromatic rings. The fraction of sp³-hybridized carbons (Fsp3) is 0.610. The van der Waals surface area contributed by atoms with E-state index in [4.69, 9.17) is 37.4 Å². The van der Waals surface area contributed by atoms with Crippen molar-refractivity contribution in [3.05, 3.63) is 58.6 Å². The van der Waals surface area contributed by atoms with E-state index in [1.54, 1.807) is 0 Å². The predicted molar refractivity (Wildman–Crippen MR) is 212 cm³/mol. The molecule has 2 aromatic carbocycles. The summed E-state index contributed by atoms with van der Waals surface area (Å²) in [4.78, 5) is 24.4. The highest BCUT2D eigenvalue weighted by molar-refractivity contribution is 6.43. The molecule has 1 saturated heterocycles. The number of piperazine rings is 1. The molecule has 51 heavy (non-hydrogen) atoms. The summed E-state index contributed by atoms with van der Waals surface area (Å²) < 4.78 is 17.5. The van der Waals surface area contributed by atoms with Gasteiger partial charge in [-0.3, -0.25) is 4.90 Å². The number of hydrogen-bond acceptors (Lipinski definition) is 7. The number of carbonyl (C=O) groups excluding carboxylic acids is 1. The molecular weight excluding hydrogens is 683 g/mol. The van der Waals surface area contributed by atoms with Crippen LogP contribution in [0.3, 0.4) is 0 Å². The number of aromatic nitrogens is 1. The molecule has 0 spiro atoms. The minimum atomic E-state index is -0.307. The van der Waals surface area contributed by atoms with Gasteiger partial charge < -0.3 is 24.0 Å². The molecule has 0 radical (unpaired) electrons. The number of rotatable bonds is 24. The maximum atomic E-state index is 13.0. The second-order valence-electron chi connectivity index (χ2n) is 13.7. The molecule has 4 rings (SSSR count). The number of hydrogen-bond donors (Lipinski definition) is 0. The molecule has 1 aromatic heterocycles. The smallest absolute Gasteiger partial charge is 0.412 e. The Morgan fingerprint density at radius 2 is 1.43 bits per heavy atom. The molecule has 10 heteroatoms. The van der Waals surface area contributed by atoms with Gasteiger partial charge in [0, 0.05) is 56.8 Å². The summed E-state index contributed by atoms with van der Waals surface area (Å²) in [6.45, 7) is 11.3. The zero-order valence-corrected chi connectivity index (χ0v) is 32.6. The Hall–Kier alpha value is -2.94. The fourth-order valence-electron chi connectivity index (χ4n) is 6.52. The van der Waals surface area contributed by atoms with E-state index in [0.29, 0.717) is 22.5 Å². The van der Waals surface area contributed by atoms with Crippen molar-refractivity contribution in [1.82, 2.24) is 14.8 Å². The Morgan fingerprint density at radius 3 is 2.14 bits per heavy atom. The van der Waals surface area contributed by atoms with Crippen LogP contribution in [-0.2, 0) is 4.74 Å². The van der Waals surface area contributed by atoms with E-state index < -0.39 is 0 Å². The largest absolute Gasteiger partial charge is 0.494 e. The van der Waals surface area contributed by atoms with Gasteiger partial charge in [-0.1, -0.05) is 107 Å². The zero-order chi connectivity index (χ0) is 36.1. The highest BCUT2D eigenvalue weighted by Crippen LogP contribution is 2.33. The summed E-state index contributed by atoms with van der Waals surface area (Å²) in [6, 6.07) is 15.5. The number of halogens is 2. The number of anilines is 1. The van der Waals surface area contributed by atoms with Crippen LogP contribution in [0.25, 0.3) is 10.9 Å². The van der Waals surface area contributed by atoms with Gasteiger partial charge in [0.1, 0.15) is 5.75 Å². The number of pyridine rings is 1. The third kappa shape index (κ3) is 14.5. The Balaban J connectivity index is 1.15. The minimum Gasteiger partial charge on any atom is -0.494 e. The van der Waals surface area contributed by atoms with Gasteiger partial charge in [0.2, 0.25) is 12.7 Å². The lowest BCUT2D eigenvalue weighted by atomic mass is 10.1. The molecular formula is C41H60Cl2N4O4. The van der Waals surface area contributed by atoms with Crippen molar-refractivity contribution in [1.29, 1.82) is 0 Å². The van der Waals surface area contributed by atoms with Crippen molar-refractivity contribution >= 4 is 45.9 Å². The number of benzene rings is 2. The Morgan fingerprint density at radius 1 is 0.765 bits per heavy atom. The number of fused-ring (bicyclic) bond motifs is 1. The number of unbranched alkanes of at least 4 members (excludes halogenated alkanes) is 11. The highest BCUT2D eigenvalue weighted by atomic mass is 35.5. The van der Waals surface area contributed by atoms with Gasteiger partial charge in [-0.2, -0.15) is 0 Å². The summed E-state index contributed by atoms with van der Waals surface area (Å²) in [5.74, 6) is 1.20. The summed E-state index contributed by atoms with van der Waals surface area (Å²) in [7, 11) is 0. The Labute approximate surface area is 316 Å². The van der Waals surface area contributed by atoms with Crippen molar-refractivity contribution < 1.29 is 19.0 Å². The van der Waals surface area contributed by atoms with Crippen LogP contribution in [0.5, 0.6) is 11.6 Å². The molecule has 0 bridgehead atoms. The van der Waals surface area contributed by atoms with Crippen molar-refractivity contribution in [2.75, 3.05) is 64.1 Å². The van der Waals surface area contributed by atoms with E-state index in [2.05, 4.69) is 28.6 Å². The maximum absolute atomic E-state index is 13.0. The van der Waals surface area contributed by atoms with Gasteiger partial charge in [-0.25, -0.2) is 9.78 Å². The Kier molecular flexibility index (Phi) is 18.9. The van der Waals surface area contributed by atoms with E-state index in [1.807, 2.05) is 53.4 Å². The van der Waals surface area contributed by atoms with Gasteiger partial charge in [-0.05, 0) is 62.6 Å². The first kappa shape index (κ1) is 40.8. The highest BCUT2D eigenvalue weighted by Gasteiger charge is 2.19. The van der Waals surface area contributed by atoms with Crippen LogP contribution in [0.15, 0.2) is 48.5 Å². The van der Waals surface area contributed by atoms with Gasteiger partial charge >= 0.3 is 6.09 Å². The molecule has 0 N–H and O–H groups in total. The average molecular weight is 744 g/mol. The molecule has 0 saturated carbocycles. The number of ether oxygens (including phenoxy) is 3. The van der Waals surface area contributed by atoms with Crippen molar-refractivity contribution in [2.45, 2.75) is 104 Å². The molecule has 0 atom stereocenters. The monoisotopic (exact) mass is 742 g/mol. The van der Waals surface area contributed by atoms with Crippen LogP contribution in [0, 0.1) is 0 Å². The normalized spacial score (nSPS) is 13.5. The van der Waals surface area contributed by atoms with Crippen molar-refractivity contribution in [2.24, 2.45) is 0 Å². The lowest BCUT2D eigenvalue weighted by molar-refractivity contribution is 0.0323. The quantitative estimate of drug-likeness (QED) is 0.0668. The summed E-state index contributed by atoms with van der Waals surface area (Å²) in [6.07, 6.45) is 16.0. The molecule has 1 aliphatic rings. The fourth-order valence-corrected chi connectivity index (χ4v) is 6.93. The van der Waals surface area contributed by atoms with Crippen molar-refractivity contribution in [3.8, 4) is 11.6 Å². The summed E-state index contributed by atoms with van der Waals surface area (Å²) >= 11 is 12.7. The Bertz CT molecular complexity index is 1420. The number of nitrogens with zero attached hydrogens (tertiary/aromatic N) is 4. The van der Waals surface area contributed by atoms with Crippen LogP contribution in [-0.4, -0.2) is 80.1 Å². The first-order chi connectivity index (χ1) is 25.0. The molecule has 8 nitrogen and oxygen atoms in total. The van der Waals surface area contributed by atoms with Crippen LogP contribution in [0.1, 0.15) is 104 Å². The van der Waals surface area contributed by atoms with Crippen LogP contribution < -0.4 is 14.4 Å². The molecule has 1 amide bonds. The van der Waals surface area contributed by atoms with E-state index in [0.717, 1.165) is 107 Å². The van der Waals surface area contributed by atoms with Crippen LogP contribution >= 0.6 is 23.2 Å². The molecule has 1 aliphatic heterocycles. The number of amides is 1. The first-order valence-electron chi connectivity index (χ1n) is 19.5. The van der Waals surface area contributed by atoms with E-state index in [-0.39, 0.29) is 12.9 Å². The molecule has 2 heterocycles. The third-order valence-corrected chi connectivity index (χ3v) is 10.4. The van der Waals surface area contributed by atoms with Crippen LogP contribution in [0.2, 0.25) is 10.0 Å². The van der Waals surface area contributed by atoms with E-state index in [1.165, 1.54) is 51.4 Å². The molecule has 0 aliphatic carbocycles. The SMILES string of the molecule is CCCCCCCCN(CCCCCCCC)C(=O)OCOc1ccc2ccc(OCCCCN3CCN(c4cccc(Cl)c4Cl)CC3)cc2n1. The molecule has 282 valence electrons. The minimum absolute atomic E-state index is 0.166. The predicted octanol–water partition coefficient (Wildman–Crippen LogP) is 11.0. The van der Waals surface area contributed by atoms with Crippen molar-refractivity contribution in [3.63, 3.8) is 0 Å². The van der Waals surface area contributed by atoms with Gasteiger partial charge in [0.25, 0.3) is 0 Å². The topological polar surface area (TPSA) is 67.4 Å². The second kappa shape index (κ2) is 23.6. The van der Waals surface area contributed by atoms with E-state index >= 15 is 0 Å². The molecule has 0 unspecified atom stereocenters. The molecule has 1 fully saturated rings. The average Bonchev–Trinajstić information content (AvgIpc) is 3.14. The number of carbonyl (C=O) groups is 1. The van der Waals surface area contributed by atoms with Gasteiger partial charge in [0.05, 0.1) is 27.9 Å². The van der Waals surface area contributed by atoms with Gasteiger partial charge in [0.15, 0.2) is 0 Å². The maximum Gasteiger partial charge on any atom is 0.412 e. The first-order valence-corrected chi connectivity index (χ1v) is 20.2. The lowest BCUT2D eigenvalue weighted by Crippen LogP contribution is -2.46. The van der Waals surface area contributed by atoms with Gasteiger partial charge in [-0.15, -0.1) is 0 Å². The van der Waals surface area contributed by atoms with E-state index in [9.17, 15) is 4.79 Å². The third-order valence-electron chi connectivity index (χ3n) is 9.63. The lowest BCUT2D eigenvalue weighted by Gasteiger charge is -2.36. The zero-order valence-electron chi connectivity index (χ0n) is 31.1. The summed E-state index contributed by atoms with van der Waals surface area (Å²) in [5.41, 5.74) is 1.80. The van der Waals surface area contributed by atoms with Crippen LogP contribution in [0.4, 0.5) is 10.5 Å².